The Labute approximate surface area is 144 Å². The first-order chi connectivity index (χ1) is 10.9. The third kappa shape index (κ3) is 8.03. The molecule has 2 N–H and O–H groups in total. The fourth-order valence-electron chi connectivity index (χ4n) is 2.46. The van der Waals surface area contributed by atoms with Gasteiger partial charge in [-0.3, -0.25) is 9.59 Å². The van der Waals surface area contributed by atoms with Gasteiger partial charge in [-0.1, -0.05) is 37.6 Å². The second kappa shape index (κ2) is 10.3. The highest BCUT2D eigenvalue weighted by Gasteiger charge is 2.19. The van der Waals surface area contributed by atoms with Crippen LogP contribution in [0.4, 0.5) is 0 Å². The summed E-state index contributed by atoms with van der Waals surface area (Å²) >= 11 is 5.93. The van der Waals surface area contributed by atoms with Crippen molar-refractivity contribution in [2.75, 3.05) is 13.1 Å². The summed E-state index contributed by atoms with van der Waals surface area (Å²) in [4.78, 5) is 22.9. The first-order valence-electron chi connectivity index (χ1n) is 8.16. The molecule has 0 fully saturated rings. The maximum Gasteiger partial charge on any atom is 0.220 e. The molecule has 0 radical (unpaired) electrons. The van der Waals surface area contributed by atoms with Crippen molar-refractivity contribution in [3.63, 3.8) is 0 Å². The van der Waals surface area contributed by atoms with Crippen LogP contribution in [0, 0.1) is 5.92 Å². The van der Waals surface area contributed by atoms with Gasteiger partial charge in [-0.2, -0.15) is 0 Å². The van der Waals surface area contributed by atoms with E-state index in [1.165, 1.54) is 6.92 Å². The minimum atomic E-state index is -0.0169. The third-order valence-electron chi connectivity index (χ3n) is 3.81. The first-order valence-corrected chi connectivity index (χ1v) is 8.54. The number of halogens is 1. The number of rotatable bonds is 9. The van der Waals surface area contributed by atoms with Gasteiger partial charge in [0.2, 0.25) is 11.8 Å². The second-order valence-corrected chi connectivity index (χ2v) is 6.58. The molecule has 128 valence electrons. The molecule has 23 heavy (non-hydrogen) atoms. The van der Waals surface area contributed by atoms with Crippen molar-refractivity contribution in [1.29, 1.82) is 0 Å². The Morgan fingerprint density at radius 2 is 1.61 bits per heavy atom. The smallest absolute Gasteiger partial charge is 0.220 e. The number of carbonyl (C=O) groups is 2. The molecule has 0 aliphatic carbocycles. The molecule has 0 spiro atoms. The van der Waals surface area contributed by atoms with Crippen molar-refractivity contribution in [3.05, 3.63) is 34.9 Å². The molecule has 2 amide bonds. The SMILES string of the molecule is CC(=O)NCCCCNC(=O)CC(c1ccc(Cl)cc1)C(C)C. The molecule has 1 unspecified atom stereocenters. The van der Waals surface area contributed by atoms with Crippen LogP contribution in [0.3, 0.4) is 0 Å². The van der Waals surface area contributed by atoms with Crippen molar-refractivity contribution in [1.82, 2.24) is 10.6 Å². The monoisotopic (exact) mass is 338 g/mol. The third-order valence-corrected chi connectivity index (χ3v) is 4.06. The van der Waals surface area contributed by atoms with Crippen molar-refractivity contribution < 1.29 is 9.59 Å². The highest BCUT2D eigenvalue weighted by Crippen LogP contribution is 2.28. The highest BCUT2D eigenvalue weighted by atomic mass is 35.5. The topological polar surface area (TPSA) is 58.2 Å². The lowest BCUT2D eigenvalue weighted by atomic mass is 9.85. The molecule has 1 rings (SSSR count). The average molecular weight is 339 g/mol. The summed E-state index contributed by atoms with van der Waals surface area (Å²) < 4.78 is 0. The van der Waals surface area contributed by atoms with Gasteiger partial charge in [-0.05, 0) is 42.4 Å². The molecule has 0 aromatic heterocycles. The molecular weight excluding hydrogens is 312 g/mol. The molecule has 1 aromatic rings. The maximum absolute atomic E-state index is 12.1. The van der Waals surface area contributed by atoms with Gasteiger partial charge < -0.3 is 10.6 Å². The predicted octanol–water partition coefficient (Wildman–Crippen LogP) is 3.50. The van der Waals surface area contributed by atoms with Crippen molar-refractivity contribution in [2.45, 2.75) is 46.0 Å². The minimum Gasteiger partial charge on any atom is -0.356 e. The van der Waals surface area contributed by atoms with Crippen molar-refractivity contribution in [3.8, 4) is 0 Å². The molecule has 1 atom stereocenters. The fraction of sp³-hybridized carbons (Fsp3) is 0.556. The number of nitrogens with one attached hydrogen (secondary N) is 2. The van der Waals surface area contributed by atoms with E-state index < -0.39 is 0 Å². The fourth-order valence-corrected chi connectivity index (χ4v) is 2.59. The van der Waals surface area contributed by atoms with E-state index in [-0.39, 0.29) is 17.7 Å². The zero-order valence-electron chi connectivity index (χ0n) is 14.2. The van der Waals surface area contributed by atoms with Crippen LogP contribution >= 0.6 is 11.6 Å². The van der Waals surface area contributed by atoms with Gasteiger partial charge in [0, 0.05) is 31.5 Å². The summed E-state index contributed by atoms with van der Waals surface area (Å²) in [6, 6.07) is 7.72. The second-order valence-electron chi connectivity index (χ2n) is 6.15. The lowest BCUT2D eigenvalue weighted by Gasteiger charge is -2.21. The molecule has 0 heterocycles. The Kier molecular flexibility index (Phi) is 8.70. The van der Waals surface area contributed by atoms with Crippen LogP contribution in [0.25, 0.3) is 0 Å². The lowest BCUT2D eigenvalue weighted by molar-refractivity contribution is -0.122. The van der Waals surface area contributed by atoms with Gasteiger partial charge in [0.25, 0.3) is 0 Å². The first kappa shape index (κ1) is 19.5. The van der Waals surface area contributed by atoms with E-state index in [9.17, 15) is 9.59 Å². The Hall–Kier alpha value is -1.55. The van der Waals surface area contributed by atoms with Crippen LogP contribution in [0.2, 0.25) is 5.02 Å². The summed E-state index contributed by atoms with van der Waals surface area (Å²) in [6.07, 6.45) is 2.20. The zero-order valence-corrected chi connectivity index (χ0v) is 15.0. The number of unbranched alkanes of at least 4 members (excludes halogenated alkanes) is 1. The molecule has 0 bridgehead atoms. The van der Waals surface area contributed by atoms with Crippen LogP contribution in [0.15, 0.2) is 24.3 Å². The van der Waals surface area contributed by atoms with E-state index in [4.69, 9.17) is 11.6 Å². The van der Waals surface area contributed by atoms with Gasteiger partial charge in [0.1, 0.15) is 0 Å². The summed E-state index contributed by atoms with van der Waals surface area (Å²) in [7, 11) is 0. The van der Waals surface area contributed by atoms with E-state index >= 15 is 0 Å². The van der Waals surface area contributed by atoms with Gasteiger partial charge in [0.15, 0.2) is 0 Å². The Balaban J connectivity index is 2.37. The molecule has 0 saturated carbocycles. The Morgan fingerprint density at radius 1 is 1.04 bits per heavy atom. The van der Waals surface area contributed by atoms with E-state index in [0.29, 0.717) is 30.5 Å². The quantitative estimate of drug-likeness (QED) is 0.677. The van der Waals surface area contributed by atoms with Gasteiger partial charge in [0.05, 0.1) is 0 Å². The number of amides is 2. The van der Waals surface area contributed by atoms with Gasteiger partial charge >= 0.3 is 0 Å². The summed E-state index contributed by atoms with van der Waals surface area (Å²) in [6.45, 7) is 7.05. The number of hydrogen-bond acceptors (Lipinski definition) is 2. The van der Waals surface area contributed by atoms with Crippen LogP contribution < -0.4 is 10.6 Å². The summed E-state index contributed by atoms with van der Waals surface area (Å²) in [5.74, 6) is 0.614. The largest absolute Gasteiger partial charge is 0.356 e. The molecule has 0 saturated heterocycles. The Bertz CT molecular complexity index is 500. The molecule has 5 heteroatoms. The standard InChI is InChI=1S/C18H27ClN2O2/c1-13(2)17(15-6-8-16(19)9-7-15)12-18(23)21-11-5-4-10-20-14(3)22/h6-9,13,17H,4-5,10-12H2,1-3H3,(H,20,22)(H,21,23). The van der Waals surface area contributed by atoms with E-state index in [1.54, 1.807) is 0 Å². The van der Waals surface area contributed by atoms with Crippen LogP contribution in [-0.2, 0) is 9.59 Å². The average Bonchev–Trinajstić information content (AvgIpc) is 2.49. The van der Waals surface area contributed by atoms with E-state index in [0.717, 1.165) is 18.4 Å². The van der Waals surface area contributed by atoms with Crippen LogP contribution in [0.5, 0.6) is 0 Å². The van der Waals surface area contributed by atoms with Crippen LogP contribution in [0.1, 0.15) is 51.5 Å². The number of benzene rings is 1. The normalized spacial score (nSPS) is 12.0. The highest BCUT2D eigenvalue weighted by molar-refractivity contribution is 6.30. The van der Waals surface area contributed by atoms with Crippen molar-refractivity contribution in [2.24, 2.45) is 5.92 Å². The molecule has 0 aliphatic rings. The lowest BCUT2D eigenvalue weighted by Crippen LogP contribution is -2.28. The minimum absolute atomic E-state index is 0.0169. The number of hydrogen-bond donors (Lipinski definition) is 2. The maximum atomic E-state index is 12.1. The summed E-state index contributed by atoms with van der Waals surface area (Å²) in [5.41, 5.74) is 1.14. The van der Waals surface area contributed by atoms with E-state index in [1.807, 2.05) is 24.3 Å². The van der Waals surface area contributed by atoms with Crippen molar-refractivity contribution >= 4 is 23.4 Å². The zero-order chi connectivity index (χ0) is 17.2. The van der Waals surface area contributed by atoms with Gasteiger partial charge in [-0.15, -0.1) is 0 Å². The number of carbonyl (C=O) groups excluding carboxylic acids is 2. The molecular formula is C18H27ClN2O2. The van der Waals surface area contributed by atoms with E-state index in [2.05, 4.69) is 24.5 Å². The summed E-state index contributed by atoms with van der Waals surface area (Å²) in [5, 5.41) is 6.41. The predicted molar refractivity (Wildman–Crippen MR) is 94.6 cm³/mol. The molecule has 1 aromatic carbocycles. The van der Waals surface area contributed by atoms with Gasteiger partial charge in [-0.25, -0.2) is 0 Å². The molecule has 0 aliphatic heterocycles. The Morgan fingerprint density at radius 3 is 2.13 bits per heavy atom. The molecule has 4 nitrogen and oxygen atoms in total. The van der Waals surface area contributed by atoms with Crippen LogP contribution in [-0.4, -0.2) is 24.9 Å².